The van der Waals surface area contributed by atoms with E-state index >= 15 is 0 Å². The van der Waals surface area contributed by atoms with Gasteiger partial charge in [-0.3, -0.25) is 5.10 Å². The number of aromatic nitrogens is 3. The number of H-pyrrole nitrogens is 1. The summed E-state index contributed by atoms with van der Waals surface area (Å²) in [5.41, 5.74) is 2.24. The first kappa shape index (κ1) is 16.4. The second-order valence-corrected chi connectivity index (χ2v) is 5.88. The van der Waals surface area contributed by atoms with Crippen molar-refractivity contribution in [1.29, 1.82) is 0 Å². The topological polar surface area (TPSA) is 83.1 Å². The minimum absolute atomic E-state index is 0.198. The number of likely N-dealkylation sites (tertiary alicyclic amines) is 1. The van der Waals surface area contributed by atoms with Crippen LogP contribution in [0.3, 0.4) is 0 Å². The quantitative estimate of drug-likeness (QED) is 0.878. The van der Waals surface area contributed by atoms with E-state index < -0.39 is 0 Å². The summed E-state index contributed by atoms with van der Waals surface area (Å²) in [5.74, 6) is 0.777. The molecule has 0 bridgehead atoms. The standard InChI is InChI=1S/C17H23N5O2/c1-2-24-17(23)22-8-6-15(7-9-22)18-11-13-4-3-5-14(10-13)16-19-12-20-21-16/h3-5,10,12,15,18H,2,6-9,11H2,1H3,(H,19,20,21). The van der Waals surface area contributed by atoms with Crippen LogP contribution in [0, 0.1) is 0 Å². The van der Waals surface area contributed by atoms with E-state index in [1.54, 1.807) is 4.90 Å². The van der Waals surface area contributed by atoms with E-state index in [0.717, 1.165) is 43.9 Å². The summed E-state index contributed by atoms with van der Waals surface area (Å²) >= 11 is 0. The summed E-state index contributed by atoms with van der Waals surface area (Å²) in [6.45, 7) is 4.55. The van der Waals surface area contributed by atoms with Crippen molar-refractivity contribution < 1.29 is 9.53 Å². The molecular formula is C17H23N5O2. The highest BCUT2D eigenvalue weighted by molar-refractivity contribution is 5.67. The van der Waals surface area contributed by atoms with E-state index in [0.29, 0.717) is 12.6 Å². The maximum absolute atomic E-state index is 11.7. The predicted molar refractivity (Wildman–Crippen MR) is 90.3 cm³/mol. The summed E-state index contributed by atoms with van der Waals surface area (Å²) < 4.78 is 5.05. The first-order valence-corrected chi connectivity index (χ1v) is 8.36. The molecule has 2 N–H and O–H groups in total. The lowest BCUT2D eigenvalue weighted by molar-refractivity contribution is 0.0950. The van der Waals surface area contributed by atoms with Crippen LogP contribution in [0.15, 0.2) is 30.6 Å². The molecule has 1 aromatic carbocycles. The van der Waals surface area contributed by atoms with Crippen LogP contribution >= 0.6 is 0 Å². The fourth-order valence-corrected chi connectivity index (χ4v) is 2.92. The van der Waals surface area contributed by atoms with Crippen molar-refractivity contribution in [1.82, 2.24) is 25.4 Å². The molecule has 2 heterocycles. The minimum atomic E-state index is -0.198. The van der Waals surface area contributed by atoms with Crippen LogP contribution in [0.25, 0.3) is 11.4 Å². The molecular weight excluding hydrogens is 306 g/mol. The maximum atomic E-state index is 11.7. The van der Waals surface area contributed by atoms with E-state index in [2.05, 4.69) is 32.6 Å². The van der Waals surface area contributed by atoms with E-state index in [-0.39, 0.29) is 6.09 Å². The Bertz CT molecular complexity index is 651. The van der Waals surface area contributed by atoms with Gasteiger partial charge in [0.15, 0.2) is 5.82 Å². The van der Waals surface area contributed by atoms with Gasteiger partial charge in [-0.1, -0.05) is 18.2 Å². The number of carbonyl (C=O) groups excluding carboxylic acids is 1. The van der Waals surface area contributed by atoms with Gasteiger partial charge in [-0.25, -0.2) is 9.78 Å². The third-order valence-electron chi connectivity index (χ3n) is 4.23. The minimum Gasteiger partial charge on any atom is -0.450 e. The Morgan fingerprint density at radius 1 is 1.42 bits per heavy atom. The number of ether oxygens (including phenoxy) is 1. The molecule has 2 aromatic rings. The van der Waals surface area contributed by atoms with Crippen molar-refractivity contribution in [3.63, 3.8) is 0 Å². The van der Waals surface area contributed by atoms with Gasteiger partial charge in [0.1, 0.15) is 6.33 Å². The molecule has 24 heavy (non-hydrogen) atoms. The van der Waals surface area contributed by atoms with Gasteiger partial charge in [0.05, 0.1) is 6.61 Å². The summed E-state index contributed by atoms with van der Waals surface area (Å²) in [5, 5.41) is 10.3. The van der Waals surface area contributed by atoms with Crippen molar-refractivity contribution in [3.05, 3.63) is 36.2 Å². The summed E-state index contributed by atoms with van der Waals surface area (Å²) in [6.07, 6.45) is 3.20. The molecule has 7 nitrogen and oxygen atoms in total. The SMILES string of the molecule is CCOC(=O)N1CCC(NCc2cccc(-c3ncn[nH]3)c2)CC1. The van der Waals surface area contributed by atoms with Crippen LogP contribution in [0.2, 0.25) is 0 Å². The largest absolute Gasteiger partial charge is 0.450 e. The molecule has 0 saturated carbocycles. The smallest absolute Gasteiger partial charge is 0.409 e. The average Bonchev–Trinajstić information content (AvgIpc) is 3.16. The van der Waals surface area contributed by atoms with E-state index in [9.17, 15) is 4.79 Å². The summed E-state index contributed by atoms with van der Waals surface area (Å²) in [6, 6.07) is 8.67. The van der Waals surface area contributed by atoms with Crippen LogP contribution in [0.1, 0.15) is 25.3 Å². The molecule has 3 rings (SSSR count). The molecule has 1 saturated heterocycles. The van der Waals surface area contributed by atoms with Crippen LogP contribution in [-0.4, -0.2) is 51.9 Å². The molecule has 1 aromatic heterocycles. The van der Waals surface area contributed by atoms with Crippen molar-refractivity contribution >= 4 is 6.09 Å². The van der Waals surface area contributed by atoms with Crippen LogP contribution in [0.4, 0.5) is 4.79 Å². The summed E-state index contributed by atoms with van der Waals surface area (Å²) in [4.78, 5) is 17.7. The number of piperidine rings is 1. The molecule has 1 fully saturated rings. The molecule has 0 radical (unpaired) electrons. The lowest BCUT2D eigenvalue weighted by Crippen LogP contribution is -2.44. The van der Waals surface area contributed by atoms with Crippen LogP contribution < -0.4 is 5.32 Å². The molecule has 7 heteroatoms. The lowest BCUT2D eigenvalue weighted by Gasteiger charge is -2.31. The number of amides is 1. The highest BCUT2D eigenvalue weighted by Gasteiger charge is 2.23. The molecule has 0 atom stereocenters. The van der Waals surface area contributed by atoms with Crippen LogP contribution in [0.5, 0.6) is 0 Å². The van der Waals surface area contributed by atoms with Gasteiger partial charge in [0.2, 0.25) is 0 Å². The number of rotatable bonds is 5. The number of hydrogen-bond donors (Lipinski definition) is 2. The Morgan fingerprint density at radius 3 is 2.96 bits per heavy atom. The average molecular weight is 329 g/mol. The number of benzene rings is 1. The second-order valence-electron chi connectivity index (χ2n) is 5.88. The number of nitrogens with zero attached hydrogens (tertiary/aromatic N) is 3. The molecule has 1 aliphatic rings. The first-order chi connectivity index (χ1) is 11.8. The lowest BCUT2D eigenvalue weighted by atomic mass is 10.0. The zero-order valence-corrected chi connectivity index (χ0v) is 13.9. The Hall–Kier alpha value is -2.41. The first-order valence-electron chi connectivity index (χ1n) is 8.36. The molecule has 1 amide bonds. The molecule has 0 unspecified atom stereocenters. The zero-order valence-electron chi connectivity index (χ0n) is 13.9. The van der Waals surface area contributed by atoms with E-state index in [1.807, 2.05) is 19.1 Å². The van der Waals surface area contributed by atoms with Gasteiger partial charge in [-0.15, -0.1) is 0 Å². The third kappa shape index (κ3) is 4.11. The maximum Gasteiger partial charge on any atom is 0.409 e. The number of nitrogens with one attached hydrogen (secondary N) is 2. The second kappa shape index (κ2) is 7.92. The third-order valence-corrected chi connectivity index (χ3v) is 4.23. The van der Waals surface area contributed by atoms with Gasteiger partial charge in [-0.05, 0) is 31.4 Å². The fourth-order valence-electron chi connectivity index (χ4n) is 2.92. The molecule has 1 aliphatic heterocycles. The number of carbonyl (C=O) groups is 1. The van der Waals surface area contributed by atoms with Crippen LogP contribution in [-0.2, 0) is 11.3 Å². The van der Waals surface area contributed by atoms with E-state index in [4.69, 9.17) is 4.74 Å². The zero-order chi connectivity index (χ0) is 16.8. The summed E-state index contributed by atoms with van der Waals surface area (Å²) in [7, 11) is 0. The highest BCUT2D eigenvalue weighted by Crippen LogP contribution is 2.16. The Morgan fingerprint density at radius 2 is 2.25 bits per heavy atom. The number of aromatic amines is 1. The highest BCUT2D eigenvalue weighted by atomic mass is 16.6. The van der Waals surface area contributed by atoms with Gasteiger partial charge < -0.3 is 15.0 Å². The Balaban J connectivity index is 1.49. The van der Waals surface area contributed by atoms with Crippen molar-refractivity contribution in [3.8, 4) is 11.4 Å². The van der Waals surface area contributed by atoms with Gasteiger partial charge in [0, 0.05) is 31.2 Å². The molecule has 128 valence electrons. The van der Waals surface area contributed by atoms with Gasteiger partial charge in [-0.2, -0.15) is 5.10 Å². The fraction of sp³-hybridized carbons (Fsp3) is 0.471. The van der Waals surface area contributed by atoms with Crippen molar-refractivity contribution in [2.45, 2.75) is 32.4 Å². The normalized spacial score (nSPS) is 15.5. The number of hydrogen-bond acceptors (Lipinski definition) is 5. The van der Waals surface area contributed by atoms with Gasteiger partial charge in [0.25, 0.3) is 0 Å². The molecule has 0 spiro atoms. The van der Waals surface area contributed by atoms with E-state index in [1.165, 1.54) is 11.9 Å². The monoisotopic (exact) mass is 329 g/mol. The molecule has 0 aliphatic carbocycles. The van der Waals surface area contributed by atoms with Crippen molar-refractivity contribution in [2.75, 3.05) is 19.7 Å². The Labute approximate surface area is 141 Å². The van der Waals surface area contributed by atoms with Crippen molar-refractivity contribution in [2.24, 2.45) is 0 Å². The van der Waals surface area contributed by atoms with Gasteiger partial charge >= 0.3 is 6.09 Å². The Kier molecular flexibility index (Phi) is 5.43. The predicted octanol–water partition coefficient (Wildman–Crippen LogP) is 2.18.